The fourth-order valence-corrected chi connectivity index (χ4v) is 3.04. The quantitative estimate of drug-likeness (QED) is 0.633. The van der Waals surface area contributed by atoms with Crippen LogP contribution in [0.3, 0.4) is 0 Å². The van der Waals surface area contributed by atoms with Crippen LogP contribution in [-0.2, 0) is 0 Å². The van der Waals surface area contributed by atoms with Gasteiger partial charge in [0.15, 0.2) is 0 Å². The van der Waals surface area contributed by atoms with Crippen LogP contribution in [0, 0.1) is 10.1 Å². The van der Waals surface area contributed by atoms with Crippen LogP contribution in [0.2, 0.25) is 0 Å². The van der Waals surface area contributed by atoms with Crippen molar-refractivity contribution in [2.24, 2.45) is 0 Å². The minimum absolute atomic E-state index is 0.0584. The predicted molar refractivity (Wildman–Crippen MR) is 67.2 cm³/mol. The van der Waals surface area contributed by atoms with Gasteiger partial charge in [-0.1, -0.05) is 0 Å². The summed E-state index contributed by atoms with van der Waals surface area (Å²) in [6.45, 7) is 0. The zero-order valence-electron chi connectivity index (χ0n) is 9.37. The van der Waals surface area contributed by atoms with Gasteiger partial charge in [0.2, 0.25) is 11.8 Å². The van der Waals surface area contributed by atoms with Gasteiger partial charge in [-0.25, -0.2) is 4.98 Å². The van der Waals surface area contributed by atoms with E-state index < -0.39 is 4.92 Å². The highest BCUT2D eigenvalue weighted by Gasteiger charge is 2.27. The maximum atomic E-state index is 10.9. The summed E-state index contributed by atoms with van der Waals surface area (Å²) in [5.41, 5.74) is 5.39. The van der Waals surface area contributed by atoms with Crippen LogP contribution in [0.25, 0.3) is 0 Å². The molecule has 0 spiro atoms. The maximum Gasteiger partial charge on any atom is 0.329 e. The lowest BCUT2D eigenvalue weighted by Gasteiger charge is -2.24. The molecule has 7 nitrogen and oxygen atoms in total. The molecule has 1 aromatic heterocycles. The zero-order valence-corrected chi connectivity index (χ0v) is 10.2. The number of anilines is 2. The fraction of sp³-hybridized carbons (Fsp3) is 0.556. The first kappa shape index (κ1) is 11.9. The van der Waals surface area contributed by atoms with E-state index in [0.717, 1.165) is 24.1 Å². The Labute approximate surface area is 103 Å². The van der Waals surface area contributed by atoms with Crippen molar-refractivity contribution in [3.05, 3.63) is 16.3 Å². The van der Waals surface area contributed by atoms with Crippen molar-refractivity contribution in [1.82, 2.24) is 9.97 Å². The van der Waals surface area contributed by atoms with Crippen LogP contribution in [0.5, 0.6) is 0 Å². The van der Waals surface area contributed by atoms with Crippen LogP contribution < -0.4 is 10.6 Å². The second-order valence-electron chi connectivity index (χ2n) is 3.82. The van der Waals surface area contributed by atoms with E-state index in [4.69, 9.17) is 5.73 Å². The molecule has 2 rings (SSSR count). The molecule has 8 heteroatoms. The van der Waals surface area contributed by atoms with Crippen LogP contribution in [0.4, 0.5) is 17.5 Å². The van der Waals surface area contributed by atoms with E-state index in [1.165, 1.54) is 0 Å². The van der Waals surface area contributed by atoms with Gasteiger partial charge in [-0.3, -0.25) is 10.1 Å². The summed E-state index contributed by atoms with van der Waals surface area (Å²) in [4.78, 5) is 19.9. The first-order valence-corrected chi connectivity index (χ1v) is 6.32. The molecule has 2 heterocycles. The molecule has 0 saturated carbocycles. The molecule has 92 valence electrons. The number of nitrogen functional groups attached to an aromatic ring is 1. The normalized spacial score (nSPS) is 19.2. The van der Waals surface area contributed by atoms with Crippen molar-refractivity contribution < 1.29 is 4.92 Å². The Bertz CT molecular complexity index is 435. The smallest absolute Gasteiger partial charge is 0.329 e. The van der Waals surface area contributed by atoms with E-state index in [-0.39, 0.29) is 17.7 Å². The largest absolute Gasteiger partial charge is 0.368 e. The van der Waals surface area contributed by atoms with Crippen molar-refractivity contribution in [1.29, 1.82) is 0 Å². The average molecular weight is 255 g/mol. The van der Waals surface area contributed by atoms with E-state index in [2.05, 4.69) is 9.97 Å². The van der Waals surface area contributed by atoms with Gasteiger partial charge < -0.3 is 10.6 Å². The number of hydrogen-bond donors (Lipinski definition) is 1. The number of aromatic nitrogens is 2. The SMILES string of the molecule is CN(c1nc(N)ncc1[N+](=O)[O-])C1CCSC1. The molecule has 0 amide bonds. The topological polar surface area (TPSA) is 98.2 Å². The minimum Gasteiger partial charge on any atom is -0.368 e. The minimum atomic E-state index is -0.479. The highest BCUT2D eigenvalue weighted by molar-refractivity contribution is 7.99. The third-order valence-corrected chi connectivity index (χ3v) is 3.90. The monoisotopic (exact) mass is 255 g/mol. The molecule has 17 heavy (non-hydrogen) atoms. The molecule has 1 fully saturated rings. The molecule has 1 aromatic rings. The highest BCUT2D eigenvalue weighted by Crippen LogP contribution is 2.30. The van der Waals surface area contributed by atoms with Crippen LogP contribution >= 0.6 is 11.8 Å². The summed E-state index contributed by atoms with van der Waals surface area (Å²) in [7, 11) is 1.81. The van der Waals surface area contributed by atoms with E-state index in [9.17, 15) is 10.1 Å². The van der Waals surface area contributed by atoms with Gasteiger partial charge in [-0.2, -0.15) is 16.7 Å². The lowest BCUT2D eigenvalue weighted by atomic mass is 10.2. The average Bonchev–Trinajstić information content (AvgIpc) is 2.80. The van der Waals surface area contributed by atoms with Crippen LogP contribution in [0.15, 0.2) is 6.20 Å². The number of thioether (sulfide) groups is 1. The second-order valence-corrected chi connectivity index (χ2v) is 4.97. The molecule has 0 bridgehead atoms. The molecule has 1 unspecified atom stereocenters. The molecule has 0 aliphatic carbocycles. The molecule has 0 radical (unpaired) electrons. The number of hydrogen-bond acceptors (Lipinski definition) is 7. The third kappa shape index (κ3) is 2.41. The molecular weight excluding hydrogens is 242 g/mol. The Morgan fingerprint density at radius 1 is 1.71 bits per heavy atom. The number of nitrogens with two attached hydrogens (primary N) is 1. The summed E-state index contributed by atoms with van der Waals surface area (Å²) < 4.78 is 0. The van der Waals surface area contributed by atoms with E-state index in [1.807, 2.05) is 23.7 Å². The number of rotatable bonds is 3. The molecule has 0 aromatic carbocycles. The van der Waals surface area contributed by atoms with Crippen molar-refractivity contribution in [3.63, 3.8) is 0 Å². The Morgan fingerprint density at radius 2 is 2.47 bits per heavy atom. The Morgan fingerprint density at radius 3 is 3.06 bits per heavy atom. The number of nitro groups is 1. The standard InChI is InChI=1S/C9H13N5O2S/c1-13(6-2-3-17-5-6)8-7(14(15)16)4-11-9(10)12-8/h4,6H,2-3,5H2,1H3,(H2,10,11,12). The third-order valence-electron chi connectivity index (χ3n) is 2.75. The summed E-state index contributed by atoms with van der Waals surface area (Å²) in [6.07, 6.45) is 2.17. The van der Waals surface area contributed by atoms with Crippen molar-refractivity contribution >= 4 is 29.2 Å². The van der Waals surface area contributed by atoms with Crippen LogP contribution in [-0.4, -0.2) is 39.5 Å². The lowest BCUT2D eigenvalue weighted by molar-refractivity contribution is -0.384. The lowest BCUT2D eigenvalue weighted by Crippen LogP contribution is -2.32. The summed E-state index contributed by atoms with van der Waals surface area (Å²) >= 11 is 1.84. The zero-order chi connectivity index (χ0) is 12.4. The van der Waals surface area contributed by atoms with E-state index in [0.29, 0.717) is 5.82 Å². The molecule has 1 aliphatic rings. The Kier molecular flexibility index (Phi) is 3.32. The first-order chi connectivity index (χ1) is 8.09. The van der Waals surface area contributed by atoms with Gasteiger partial charge in [0, 0.05) is 18.8 Å². The molecule has 1 aliphatic heterocycles. The molecule has 1 saturated heterocycles. The second kappa shape index (κ2) is 4.74. The summed E-state index contributed by atoms with van der Waals surface area (Å²) in [5, 5.41) is 10.9. The van der Waals surface area contributed by atoms with Gasteiger partial charge in [-0.05, 0) is 12.2 Å². The van der Waals surface area contributed by atoms with Crippen molar-refractivity contribution in [2.75, 3.05) is 29.2 Å². The van der Waals surface area contributed by atoms with Gasteiger partial charge in [0.05, 0.1) is 4.92 Å². The highest BCUT2D eigenvalue weighted by atomic mass is 32.2. The maximum absolute atomic E-state index is 10.9. The van der Waals surface area contributed by atoms with E-state index in [1.54, 1.807) is 0 Å². The fourth-order valence-electron chi connectivity index (χ4n) is 1.77. The van der Waals surface area contributed by atoms with Gasteiger partial charge in [0.1, 0.15) is 6.20 Å². The van der Waals surface area contributed by atoms with E-state index >= 15 is 0 Å². The summed E-state index contributed by atoms with van der Waals surface area (Å²) in [5.74, 6) is 2.39. The van der Waals surface area contributed by atoms with Crippen molar-refractivity contribution in [2.45, 2.75) is 12.5 Å². The first-order valence-electron chi connectivity index (χ1n) is 5.17. The Balaban J connectivity index is 2.34. The number of nitrogens with zero attached hydrogens (tertiary/aromatic N) is 4. The van der Waals surface area contributed by atoms with Crippen LogP contribution in [0.1, 0.15) is 6.42 Å². The van der Waals surface area contributed by atoms with Gasteiger partial charge in [-0.15, -0.1) is 0 Å². The Hall–Kier alpha value is -1.57. The summed E-state index contributed by atoms with van der Waals surface area (Å²) in [6, 6.07) is 0.271. The molecule has 1 atom stereocenters. The van der Waals surface area contributed by atoms with Gasteiger partial charge >= 0.3 is 5.69 Å². The van der Waals surface area contributed by atoms with Gasteiger partial charge in [0.25, 0.3) is 0 Å². The molecular formula is C9H13N5O2S. The predicted octanol–water partition coefficient (Wildman–Crippen LogP) is 0.909. The van der Waals surface area contributed by atoms with Crippen molar-refractivity contribution in [3.8, 4) is 0 Å². The molecule has 2 N–H and O–H groups in total.